The van der Waals surface area contributed by atoms with Crippen LogP contribution in [-0.4, -0.2) is 55.9 Å². The van der Waals surface area contributed by atoms with E-state index < -0.39 is 0 Å². The summed E-state index contributed by atoms with van der Waals surface area (Å²) in [4.78, 5) is 40.1. The van der Waals surface area contributed by atoms with E-state index in [0.717, 1.165) is 16.0 Å². The molecule has 0 saturated carbocycles. The lowest BCUT2D eigenvalue weighted by atomic mass is 9.98. The number of nitrogens with zero attached hydrogens (tertiary/aromatic N) is 5. The first-order chi connectivity index (χ1) is 14.1. The first-order valence-corrected chi connectivity index (χ1v) is 10.4. The van der Waals surface area contributed by atoms with Crippen LogP contribution in [0.3, 0.4) is 0 Å². The first kappa shape index (κ1) is 19.3. The Bertz CT molecular complexity index is 1090. The van der Waals surface area contributed by atoms with Gasteiger partial charge in [-0.15, -0.1) is 11.3 Å². The zero-order valence-electron chi connectivity index (χ0n) is 16.0. The fourth-order valence-corrected chi connectivity index (χ4v) is 4.16. The second-order valence-corrected chi connectivity index (χ2v) is 7.81. The molecule has 1 atom stereocenters. The molecule has 3 aromatic rings. The van der Waals surface area contributed by atoms with Crippen LogP contribution in [0.15, 0.2) is 34.7 Å². The standard InChI is InChI=1S/C19H21N5O4S/c1-2-28-19(27)13-5-3-7-22(10-13)17(25)11-23-18(26)15-9-14(16-6-4-8-29-16)21-24(15)12-20-23/h4,6,8-9,12-13H,2-3,5,7,10-11H2,1H3/t13-/m0/s1. The summed E-state index contributed by atoms with van der Waals surface area (Å²) < 4.78 is 7.65. The van der Waals surface area contributed by atoms with E-state index in [-0.39, 0.29) is 29.9 Å². The Morgan fingerprint density at radius 1 is 1.38 bits per heavy atom. The third kappa shape index (κ3) is 3.93. The maximum atomic E-state index is 12.8. The van der Waals surface area contributed by atoms with Crippen molar-refractivity contribution in [3.05, 3.63) is 40.3 Å². The third-order valence-electron chi connectivity index (χ3n) is 4.94. The summed E-state index contributed by atoms with van der Waals surface area (Å²) in [6.07, 6.45) is 2.86. The lowest BCUT2D eigenvalue weighted by Gasteiger charge is -2.31. The Labute approximate surface area is 170 Å². The first-order valence-electron chi connectivity index (χ1n) is 9.50. The van der Waals surface area contributed by atoms with Crippen LogP contribution in [-0.2, 0) is 20.9 Å². The summed E-state index contributed by atoms with van der Waals surface area (Å²) in [5.74, 6) is -0.832. The predicted octanol–water partition coefficient (Wildman–Crippen LogP) is 1.42. The van der Waals surface area contributed by atoms with Crippen molar-refractivity contribution in [3.8, 4) is 10.6 Å². The SMILES string of the molecule is CCOC(=O)[C@H]1CCCN(C(=O)Cn2ncn3nc(-c4cccs4)cc3c2=O)C1. The Balaban J connectivity index is 1.51. The second kappa shape index (κ2) is 8.16. The molecule has 10 heteroatoms. The number of esters is 1. The molecule has 29 heavy (non-hydrogen) atoms. The Morgan fingerprint density at radius 2 is 2.24 bits per heavy atom. The molecule has 0 spiro atoms. The number of ether oxygens (including phenoxy) is 1. The molecule has 1 amide bonds. The van der Waals surface area contributed by atoms with Crippen molar-refractivity contribution < 1.29 is 14.3 Å². The molecule has 1 aliphatic rings. The van der Waals surface area contributed by atoms with Crippen molar-refractivity contribution in [1.82, 2.24) is 24.3 Å². The highest BCUT2D eigenvalue weighted by molar-refractivity contribution is 7.13. The van der Waals surface area contributed by atoms with Crippen molar-refractivity contribution in [2.45, 2.75) is 26.3 Å². The van der Waals surface area contributed by atoms with Gasteiger partial charge in [0.05, 0.1) is 17.4 Å². The van der Waals surface area contributed by atoms with Gasteiger partial charge in [0.25, 0.3) is 5.56 Å². The van der Waals surface area contributed by atoms with Gasteiger partial charge in [-0.1, -0.05) is 6.07 Å². The van der Waals surface area contributed by atoms with Crippen molar-refractivity contribution in [2.75, 3.05) is 19.7 Å². The van der Waals surface area contributed by atoms with Gasteiger partial charge in [0.2, 0.25) is 5.91 Å². The van der Waals surface area contributed by atoms with Gasteiger partial charge in [0, 0.05) is 13.1 Å². The van der Waals surface area contributed by atoms with E-state index in [1.807, 2.05) is 17.5 Å². The van der Waals surface area contributed by atoms with Gasteiger partial charge in [-0.3, -0.25) is 14.4 Å². The summed E-state index contributed by atoms with van der Waals surface area (Å²) in [6, 6.07) is 5.55. The highest BCUT2D eigenvalue weighted by Crippen LogP contribution is 2.23. The summed E-state index contributed by atoms with van der Waals surface area (Å²) in [5, 5.41) is 10.4. The number of aromatic nitrogens is 4. The van der Waals surface area contributed by atoms with Crippen molar-refractivity contribution in [3.63, 3.8) is 0 Å². The fourth-order valence-electron chi connectivity index (χ4n) is 3.48. The summed E-state index contributed by atoms with van der Waals surface area (Å²) in [7, 11) is 0. The molecule has 4 heterocycles. The minimum Gasteiger partial charge on any atom is -0.466 e. The zero-order chi connectivity index (χ0) is 20.4. The quantitative estimate of drug-likeness (QED) is 0.585. The van der Waals surface area contributed by atoms with Crippen LogP contribution < -0.4 is 5.56 Å². The molecular weight excluding hydrogens is 394 g/mol. The summed E-state index contributed by atoms with van der Waals surface area (Å²) in [6.45, 7) is 2.77. The highest BCUT2D eigenvalue weighted by Gasteiger charge is 2.29. The summed E-state index contributed by atoms with van der Waals surface area (Å²) >= 11 is 1.53. The monoisotopic (exact) mass is 415 g/mol. The third-order valence-corrected chi connectivity index (χ3v) is 5.83. The molecule has 4 rings (SSSR count). The number of fused-ring (bicyclic) bond motifs is 1. The van der Waals surface area contributed by atoms with E-state index in [0.29, 0.717) is 37.3 Å². The number of hydrogen-bond acceptors (Lipinski definition) is 7. The maximum absolute atomic E-state index is 12.8. The van der Waals surface area contributed by atoms with Gasteiger partial charge in [0.1, 0.15) is 24.1 Å². The molecular formula is C19H21N5O4S. The van der Waals surface area contributed by atoms with E-state index in [4.69, 9.17) is 4.74 Å². The topological polar surface area (TPSA) is 98.8 Å². The molecule has 0 aromatic carbocycles. The average Bonchev–Trinajstić information content (AvgIpc) is 3.40. The molecule has 0 unspecified atom stereocenters. The maximum Gasteiger partial charge on any atom is 0.310 e. The van der Waals surface area contributed by atoms with Gasteiger partial charge in [0.15, 0.2) is 0 Å². The molecule has 0 radical (unpaired) electrons. The van der Waals surface area contributed by atoms with Crippen LogP contribution in [0.25, 0.3) is 16.1 Å². The van der Waals surface area contributed by atoms with Crippen LogP contribution in [0.2, 0.25) is 0 Å². The Morgan fingerprint density at radius 3 is 3.00 bits per heavy atom. The van der Waals surface area contributed by atoms with Crippen molar-refractivity contribution in [1.29, 1.82) is 0 Å². The number of likely N-dealkylation sites (tertiary alicyclic amines) is 1. The van der Waals surface area contributed by atoms with Crippen LogP contribution in [0.4, 0.5) is 0 Å². The minimum atomic E-state index is -0.380. The zero-order valence-corrected chi connectivity index (χ0v) is 16.8. The Kier molecular flexibility index (Phi) is 5.43. The van der Waals surface area contributed by atoms with Gasteiger partial charge < -0.3 is 9.64 Å². The van der Waals surface area contributed by atoms with E-state index in [1.54, 1.807) is 17.9 Å². The number of hydrogen-bond donors (Lipinski definition) is 0. The molecule has 3 aromatic heterocycles. The lowest BCUT2D eigenvalue weighted by molar-refractivity contribution is -0.151. The second-order valence-electron chi connectivity index (χ2n) is 6.86. The fraction of sp³-hybridized carbons (Fsp3) is 0.421. The number of carbonyl (C=O) groups is 2. The Hall–Kier alpha value is -3.01. The molecule has 1 saturated heterocycles. The van der Waals surface area contributed by atoms with Gasteiger partial charge >= 0.3 is 5.97 Å². The van der Waals surface area contributed by atoms with Crippen LogP contribution >= 0.6 is 11.3 Å². The van der Waals surface area contributed by atoms with Gasteiger partial charge in [-0.25, -0.2) is 9.20 Å². The predicted molar refractivity (Wildman–Crippen MR) is 106 cm³/mol. The van der Waals surface area contributed by atoms with Crippen molar-refractivity contribution >= 4 is 28.7 Å². The van der Waals surface area contributed by atoms with E-state index >= 15 is 0 Å². The molecule has 152 valence electrons. The number of rotatable bonds is 5. The summed E-state index contributed by atoms with van der Waals surface area (Å²) in [5.41, 5.74) is 0.672. The van der Waals surface area contributed by atoms with E-state index in [9.17, 15) is 14.4 Å². The van der Waals surface area contributed by atoms with Crippen LogP contribution in [0.1, 0.15) is 19.8 Å². The number of thiophene rings is 1. The largest absolute Gasteiger partial charge is 0.466 e. The number of amides is 1. The van der Waals surface area contributed by atoms with Gasteiger partial charge in [-0.2, -0.15) is 10.2 Å². The van der Waals surface area contributed by atoms with Gasteiger partial charge in [-0.05, 0) is 37.3 Å². The molecule has 1 aliphatic heterocycles. The smallest absolute Gasteiger partial charge is 0.310 e. The van der Waals surface area contributed by atoms with E-state index in [1.165, 1.54) is 22.2 Å². The van der Waals surface area contributed by atoms with E-state index in [2.05, 4.69) is 10.2 Å². The molecule has 0 bridgehead atoms. The average molecular weight is 415 g/mol. The van der Waals surface area contributed by atoms with Crippen LogP contribution in [0, 0.1) is 5.92 Å². The highest BCUT2D eigenvalue weighted by atomic mass is 32.1. The molecule has 1 fully saturated rings. The van der Waals surface area contributed by atoms with Crippen molar-refractivity contribution in [2.24, 2.45) is 5.92 Å². The lowest BCUT2D eigenvalue weighted by Crippen LogP contribution is -2.45. The molecule has 0 aliphatic carbocycles. The normalized spacial score (nSPS) is 16.9. The molecule has 9 nitrogen and oxygen atoms in total. The minimum absolute atomic E-state index is 0.176. The number of carbonyl (C=O) groups excluding carboxylic acids is 2. The number of piperidine rings is 1. The molecule has 0 N–H and O–H groups in total. The van der Waals surface area contributed by atoms with Crippen LogP contribution in [0.5, 0.6) is 0 Å².